The molecule has 0 bridgehead atoms. The first-order chi connectivity index (χ1) is 18.0. The van der Waals surface area contributed by atoms with Crippen molar-refractivity contribution in [3.8, 4) is 0 Å². The average Bonchev–Trinajstić information content (AvgIpc) is 2.87. The Morgan fingerprint density at radius 1 is 1.11 bits per heavy atom. The summed E-state index contributed by atoms with van der Waals surface area (Å²) in [4.78, 5) is 50.4. The molecule has 0 aliphatic carbocycles. The monoisotopic (exact) mass is 532 g/mol. The fourth-order valence-corrected chi connectivity index (χ4v) is 4.07. The summed E-state index contributed by atoms with van der Waals surface area (Å²) >= 11 is 6.44. The number of benzene rings is 1. The zero-order chi connectivity index (χ0) is 28.0. The topological polar surface area (TPSA) is 111 Å². The van der Waals surface area contributed by atoms with Crippen LogP contribution < -0.4 is 5.32 Å². The van der Waals surface area contributed by atoms with Gasteiger partial charge in [0, 0.05) is 40.0 Å². The van der Waals surface area contributed by atoms with Gasteiger partial charge < -0.3 is 10.1 Å². The van der Waals surface area contributed by atoms with E-state index >= 15 is 0 Å². The second-order valence-corrected chi connectivity index (χ2v) is 8.98. The molecule has 0 saturated heterocycles. The van der Waals surface area contributed by atoms with Crippen LogP contribution in [-0.2, 0) is 9.53 Å². The Kier molecular flexibility index (Phi) is 9.25. The Balaban J connectivity index is 2.08. The van der Waals surface area contributed by atoms with E-state index < -0.39 is 5.97 Å². The molecule has 0 amide bonds. The maximum atomic E-state index is 12.6. The second-order valence-electron chi connectivity index (χ2n) is 8.57. The lowest BCUT2D eigenvalue weighted by molar-refractivity contribution is -0.111. The van der Waals surface area contributed by atoms with E-state index in [0.717, 1.165) is 5.56 Å². The van der Waals surface area contributed by atoms with Gasteiger partial charge >= 0.3 is 5.97 Å². The van der Waals surface area contributed by atoms with Crippen molar-refractivity contribution in [3.05, 3.63) is 81.9 Å². The number of pyridine rings is 1. The van der Waals surface area contributed by atoms with Crippen LogP contribution in [0.1, 0.15) is 77.5 Å². The molecular formula is C29H29ClN4O4. The maximum absolute atomic E-state index is 12.6. The number of carbonyl (C=O) groups excluding carboxylic acids is 3. The largest absolute Gasteiger partial charge is 0.461 e. The molecule has 0 aliphatic rings. The molecule has 38 heavy (non-hydrogen) atoms. The van der Waals surface area contributed by atoms with Crippen molar-refractivity contribution in [2.45, 2.75) is 41.0 Å². The van der Waals surface area contributed by atoms with E-state index in [2.05, 4.69) is 26.8 Å². The predicted octanol–water partition coefficient (Wildman–Crippen LogP) is 6.51. The molecule has 0 aliphatic heterocycles. The van der Waals surface area contributed by atoms with Crippen LogP contribution in [-0.4, -0.2) is 39.1 Å². The highest BCUT2D eigenvalue weighted by Crippen LogP contribution is 2.31. The lowest BCUT2D eigenvalue weighted by Gasteiger charge is -2.13. The second kappa shape index (κ2) is 12.4. The van der Waals surface area contributed by atoms with Crippen LogP contribution in [0, 0.1) is 6.92 Å². The Labute approximate surface area is 226 Å². The average molecular weight is 533 g/mol. The van der Waals surface area contributed by atoms with Gasteiger partial charge in [0.05, 0.1) is 12.3 Å². The molecule has 2 aromatic heterocycles. The Morgan fingerprint density at radius 3 is 2.42 bits per heavy atom. The highest BCUT2D eigenvalue weighted by Gasteiger charge is 2.18. The van der Waals surface area contributed by atoms with Crippen LogP contribution in [0.5, 0.6) is 0 Å². The molecule has 0 atom stereocenters. The van der Waals surface area contributed by atoms with Crippen molar-refractivity contribution in [2.75, 3.05) is 11.9 Å². The Morgan fingerprint density at radius 2 is 1.82 bits per heavy atom. The van der Waals surface area contributed by atoms with E-state index in [4.69, 9.17) is 16.3 Å². The number of aryl methyl sites for hydroxylation is 1. The van der Waals surface area contributed by atoms with Crippen molar-refractivity contribution >= 4 is 58.0 Å². The summed E-state index contributed by atoms with van der Waals surface area (Å²) in [6.45, 7) is 12.8. The van der Waals surface area contributed by atoms with Crippen molar-refractivity contribution in [2.24, 2.45) is 0 Å². The third kappa shape index (κ3) is 6.58. The number of aromatic nitrogens is 3. The molecular weight excluding hydrogens is 504 g/mol. The molecule has 0 spiro atoms. The van der Waals surface area contributed by atoms with E-state index in [1.165, 1.54) is 19.1 Å². The number of hydrogen-bond acceptors (Lipinski definition) is 8. The van der Waals surface area contributed by atoms with E-state index in [1.807, 2.05) is 19.1 Å². The van der Waals surface area contributed by atoms with Crippen molar-refractivity contribution in [1.29, 1.82) is 0 Å². The van der Waals surface area contributed by atoms with Crippen LogP contribution in [0.25, 0.3) is 17.2 Å². The number of rotatable bonds is 10. The lowest BCUT2D eigenvalue weighted by Crippen LogP contribution is -2.12. The molecule has 0 saturated carbocycles. The van der Waals surface area contributed by atoms with Crippen LogP contribution >= 0.6 is 11.6 Å². The smallest absolute Gasteiger partial charge is 0.357 e. The van der Waals surface area contributed by atoms with E-state index in [9.17, 15) is 14.4 Å². The van der Waals surface area contributed by atoms with Crippen LogP contribution in [0.3, 0.4) is 0 Å². The molecule has 1 aromatic carbocycles. The number of allylic oxidation sites excluding steroid dienone is 2. The van der Waals surface area contributed by atoms with Gasteiger partial charge in [0.25, 0.3) is 0 Å². The number of anilines is 2. The van der Waals surface area contributed by atoms with Crippen LogP contribution in [0.2, 0.25) is 5.02 Å². The molecule has 3 rings (SSSR count). The zero-order valence-corrected chi connectivity index (χ0v) is 22.8. The zero-order valence-electron chi connectivity index (χ0n) is 22.0. The van der Waals surface area contributed by atoms with Crippen LogP contribution in [0.4, 0.5) is 11.6 Å². The van der Waals surface area contributed by atoms with Gasteiger partial charge in [-0.2, -0.15) is 0 Å². The molecule has 0 radical (unpaired) electrons. The Hall–Kier alpha value is -4.17. The summed E-state index contributed by atoms with van der Waals surface area (Å²) in [5.74, 6) is -0.825. The summed E-state index contributed by atoms with van der Waals surface area (Å²) in [7, 11) is 0. The molecule has 3 aromatic rings. The summed E-state index contributed by atoms with van der Waals surface area (Å²) in [6.07, 6.45) is 3.49. The summed E-state index contributed by atoms with van der Waals surface area (Å²) in [5, 5.41) is 3.50. The van der Waals surface area contributed by atoms with Gasteiger partial charge in [0.2, 0.25) is 5.95 Å². The number of hydrogen-bond donors (Lipinski definition) is 1. The van der Waals surface area contributed by atoms with Crippen molar-refractivity contribution in [3.63, 3.8) is 0 Å². The first-order valence-electron chi connectivity index (χ1n) is 12.1. The molecule has 8 nitrogen and oxygen atoms in total. The number of carbonyl (C=O) groups is 3. The number of Topliss-reactive ketones (excluding diaryl/α,β-unsaturated/α-hetero) is 2. The maximum Gasteiger partial charge on any atom is 0.357 e. The quantitative estimate of drug-likeness (QED) is 0.179. The van der Waals surface area contributed by atoms with Gasteiger partial charge in [-0.3, -0.25) is 9.59 Å². The summed E-state index contributed by atoms with van der Waals surface area (Å²) < 4.78 is 5.05. The van der Waals surface area contributed by atoms with Gasteiger partial charge in [0.1, 0.15) is 5.69 Å². The number of nitrogens with zero attached hydrogens (tertiary/aromatic N) is 3. The van der Waals surface area contributed by atoms with Gasteiger partial charge in [0.15, 0.2) is 17.3 Å². The highest BCUT2D eigenvalue weighted by atomic mass is 35.5. The molecule has 196 valence electrons. The van der Waals surface area contributed by atoms with Gasteiger partial charge in [-0.25, -0.2) is 19.7 Å². The lowest BCUT2D eigenvalue weighted by atomic mass is 9.95. The van der Waals surface area contributed by atoms with Crippen molar-refractivity contribution < 1.29 is 19.1 Å². The van der Waals surface area contributed by atoms with Gasteiger partial charge in [-0.1, -0.05) is 37.2 Å². The van der Waals surface area contributed by atoms with Crippen molar-refractivity contribution in [1.82, 2.24) is 15.0 Å². The molecule has 1 N–H and O–H groups in total. The fourth-order valence-electron chi connectivity index (χ4n) is 3.74. The van der Waals surface area contributed by atoms with Crippen LogP contribution in [0.15, 0.2) is 43.1 Å². The summed E-state index contributed by atoms with van der Waals surface area (Å²) in [5.41, 5.74) is 4.19. The van der Waals surface area contributed by atoms with E-state index in [0.29, 0.717) is 38.7 Å². The van der Waals surface area contributed by atoms with Gasteiger partial charge in [-0.05, 0) is 63.1 Å². The van der Waals surface area contributed by atoms with E-state index in [1.54, 1.807) is 39.1 Å². The minimum atomic E-state index is -0.642. The number of halogens is 1. The molecule has 9 heteroatoms. The minimum absolute atomic E-state index is 0.00506. The third-order valence-corrected chi connectivity index (χ3v) is 5.88. The number of ether oxygens (including phenoxy) is 1. The Bertz CT molecular complexity index is 1440. The normalized spacial score (nSPS) is 11.2. The fraction of sp³-hybridized carbons (Fsp3) is 0.241. The molecule has 2 heterocycles. The number of ketones is 2. The number of esters is 1. The van der Waals surface area contributed by atoms with Gasteiger partial charge in [-0.15, -0.1) is 0 Å². The molecule has 0 fully saturated rings. The first kappa shape index (κ1) is 28.4. The minimum Gasteiger partial charge on any atom is -0.461 e. The first-order valence-corrected chi connectivity index (χ1v) is 12.4. The highest BCUT2D eigenvalue weighted by molar-refractivity contribution is 6.36. The predicted molar refractivity (Wildman–Crippen MR) is 150 cm³/mol. The summed E-state index contributed by atoms with van der Waals surface area (Å²) in [6, 6.07) is 8.45. The SMILES string of the molecule is C=C(C)c1nc(Nc2cc(C(=O)CC)nc(C(=O)OCC)c2)ncc1/C=C(\C(C)=O)c1c(C)cccc1Cl. The third-order valence-electron chi connectivity index (χ3n) is 5.56. The van der Waals surface area contributed by atoms with E-state index in [-0.39, 0.29) is 41.9 Å². The molecule has 0 unspecified atom stereocenters. The number of nitrogens with one attached hydrogen (secondary N) is 1. The standard InChI is InChI=1S/C29H29ClN4O4/c1-7-25(36)23-13-20(14-24(33-23)28(37)38-8-2)32-29-31-15-19(27(34-29)16(3)4)12-21(18(6)35)26-17(5)10-9-11-22(26)30/h9-15H,3,7-8H2,1-2,4-6H3,(H,31,32,33,34)/b21-12+.